The maximum Gasteiger partial charge on any atom is 0.323 e. The van der Waals surface area contributed by atoms with Gasteiger partial charge in [-0.25, -0.2) is 4.39 Å². The van der Waals surface area contributed by atoms with Crippen LogP contribution in [0.1, 0.15) is 18.1 Å². The third-order valence-electron chi connectivity index (χ3n) is 2.37. The zero-order valence-corrected chi connectivity index (χ0v) is 9.87. The highest BCUT2D eigenvalue weighted by atomic mass is 19.1. The number of phenolic OH excluding ortho intramolecular Hbond substituents is 1. The van der Waals surface area contributed by atoms with Gasteiger partial charge in [0.25, 0.3) is 0 Å². The minimum absolute atomic E-state index is 0.0360. The number of aromatic hydroxyl groups is 1. The molecule has 17 heavy (non-hydrogen) atoms. The molecule has 0 radical (unpaired) electrons. The molecule has 0 aliphatic rings. The minimum atomic E-state index is -0.901. The van der Waals surface area contributed by atoms with Crippen LogP contribution in [0.4, 0.5) is 4.39 Å². The highest BCUT2D eigenvalue weighted by Gasteiger charge is 2.18. The molecule has 0 saturated carbocycles. The van der Waals surface area contributed by atoms with Gasteiger partial charge in [-0.3, -0.25) is 4.79 Å². The highest BCUT2D eigenvalue weighted by molar-refractivity contribution is 5.76. The Morgan fingerprint density at radius 2 is 2.24 bits per heavy atom. The summed E-state index contributed by atoms with van der Waals surface area (Å²) in [5.41, 5.74) is 6.32. The predicted molar refractivity (Wildman–Crippen MR) is 61.1 cm³/mol. The molecular weight excluding hydrogens is 225 g/mol. The second-order valence-electron chi connectivity index (χ2n) is 3.79. The molecule has 0 amide bonds. The standard InChI is InChI=1S/C12H16FNO3/c1-3-17-12(16)10(14)6-8-5-9(13)4-7(2)11(8)15/h4-5,10,15H,3,6,14H2,1-2H3. The fraction of sp³-hybridized carbons (Fsp3) is 0.417. The summed E-state index contributed by atoms with van der Waals surface area (Å²) in [5.74, 6) is -1.06. The van der Waals surface area contributed by atoms with Gasteiger partial charge in [0.05, 0.1) is 6.61 Å². The Labute approximate surface area is 99.2 Å². The molecule has 1 unspecified atom stereocenters. The Kier molecular flexibility index (Phi) is 4.45. The summed E-state index contributed by atoms with van der Waals surface area (Å²) in [7, 11) is 0. The maximum absolute atomic E-state index is 13.1. The number of aryl methyl sites for hydroxylation is 1. The van der Waals surface area contributed by atoms with Crippen molar-refractivity contribution in [1.29, 1.82) is 0 Å². The summed E-state index contributed by atoms with van der Waals surface area (Å²) in [6.45, 7) is 3.49. The SMILES string of the molecule is CCOC(=O)C(N)Cc1cc(F)cc(C)c1O. The van der Waals surface area contributed by atoms with E-state index in [1.165, 1.54) is 12.1 Å². The molecule has 5 heteroatoms. The lowest BCUT2D eigenvalue weighted by molar-refractivity contribution is -0.144. The number of hydrogen-bond acceptors (Lipinski definition) is 4. The molecule has 4 nitrogen and oxygen atoms in total. The van der Waals surface area contributed by atoms with Gasteiger partial charge >= 0.3 is 5.97 Å². The van der Waals surface area contributed by atoms with E-state index >= 15 is 0 Å². The zero-order chi connectivity index (χ0) is 13.0. The Morgan fingerprint density at radius 3 is 2.82 bits per heavy atom. The fourth-order valence-corrected chi connectivity index (χ4v) is 1.53. The molecule has 0 aromatic heterocycles. The van der Waals surface area contributed by atoms with Crippen molar-refractivity contribution in [3.63, 3.8) is 0 Å². The number of carbonyl (C=O) groups is 1. The van der Waals surface area contributed by atoms with E-state index in [9.17, 15) is 14.3 Å². The van der Waals surface area contributed by atoms with E-state index < -0.39 is 17.8 Å². The van der Waals surface area contributed by atoms with Gasteiger partial charge in [0.2, 0.25) is 0 Å². The molecule has 0 spiro atoms. The largest absolute Gasteiger partial charge is 0.507 e. The van der Waals surface area contributed by atoms with Crippen molar-refractivity contribution in [3.05, 3.63) is 29.1 Å². The van der Waals surface area contributed by atoms with Crippen molar-refractivity contribution in [1.82, 2.24) is 0 Å². The summed E-state index contributed by atoms with van der Waals surface area (Å²) >= 11 is 0. The number of hydrogen-bond donors (Lipinski definition) is 2. The summed E-state index contributed by atoms with van der Waals surface area (Å²) in [6.07, 6.45) is 0.0449. The molecule has 1 aromatic rings. The van der Waals surface area contributed by atoms with Crippen molar-refractivity contribution in [3.8, 4) is 5.75 Å². The maximum atomic E-state index is 13.1. The van der Waals surface area contributed by atoms with Crippen molar-refractivity contribution in [2.24, 2.45) is 5.73 Å². The van der Waals surface area contributed by atoms with Gasteiger partial charge in [0, 0.05) is 6.42 Å². The molecule has 0 aliphatic heterocycles. The van der Waals surface area contributed by atoms with Gasteiger partial charge in [-0.15, -0.1) is 0 Å². The number of nitrogens with two attached hydrogens (primary N) is 1. The molecule has 1 rings (SSSR count). The average molecular weight is 241 g/mol. The molecule has 0 heterocycles. The van der Waals surface area contributed by atoms with E-state index in [1.54, 1.807) is 13.8 Å². The molecular formula is C12H16FNO3. The number of esters is 1. The van der Waals surface area contributed by atoms with Crippen LogP contribution in [0.25, 0.3) is 0 Å². The molecule has 1 atom stereocenters. The molecule has 3 N–H and O–H groups in total. The monoisotopic (exact) mass is 241 g/mol. The third-order valence-corrected chi connectivity index (χ3v) is 2.37. The third kappa shape index (κ3) is 3.42. The van der Waals surface area contributed by atoms with Gasteiger partial charge in [-0.05, 0) is 37.1 Å². The molecule has 0 fully saturated rings. The van der Waals surface area contributed by atoms with Gasteiger partial charge < -0.3 is 15.6 Å². The number of carbonyl (C=O) groups excluding carboxylic acids is 1. The van der Waals surface area contributed by atoms with Crippen LogP contribution in [0.5, 0.6) is 5.75 Å². The smallest absolute Gasteiger partial charge is 0.323 e. The predicted octanol–water partition coefficient (Wildman–Crippen LogP) is 1.27. The lowest BCUT2D eigenvalue weighted by Gasteiger charge is -2.12. The number of rotatable bonds is 4. The van der Waals surface area contributed by atoms with Gasteiger partial charge in [0.1, 0.15) is 17.6 Å². The number of ether oxygens (including phenoxy) is 1. The first-order valence-electron chi connectivity index (χ1n) is 5.36. The van der Waals surface area contributed by atoms with E-state index in [2.05, 4.69) is 0 Å². The lowest BCUT2D eigenvalue weighted by atomic mass is 10.0. The Bertz CT molecular complexity index is 420. The lowest BCUT2D eigenvalue weighted by Crippen LogP contribution is -2.34. The number of halogens is 1. The van der Waals surface area contributed by atoms with E-state index in [0.717, 1.165) is 0 Å². The Hall–Kier alpha value is -1.62. The van der Waals surface area contributed by atoms with Gasteiger partial charge in [-0.1, -0.05) is 0 Å². The first kappa shape index (κ1) is 13.4. The molecule has 0 bridgehead atoms. The van der Waals surface area contributed by atoms with Crippen LogP contribution in [0.2, 0.25) is 0 Å². The second kappa shape index (κ2) is 5.63. The van der Waals surface area contributed by atoms with Crippen LogP contribution in [0.15, 0.2) is 12.1 Å². The van der Waals surface area contributed by atoms with Crippen molar-refractivity contribution in [2.45, 2.75) is 26.3 Å². The van der Waals surface area contributed by atoms with Crippen molar-refractivity contribution < 1.29 is 19.0 Å². The van der Waals surface area contributed by atoms with E-state index in [1.807, 2.05) is 0 Å². The summed E-state index contributed by atoms with van der Waals surface area (Å²) in [4.78, 5) is 11.3. The van der Waals surface area contributed by atoms with Gasteiger partial charge in [0.15, 0.2) is 0 Å². The number of phenols is 1. The molecule has 0 saturated heterocycles. The summed E-state index contributed by atoms with van der Waals surface area (Å²) < 4.78 is 17.9. The molecule has 0 aliphatic carbocycles. The second-order valence-corrected chi connectivity index (χ2v) is 3.79. The van der Waals surface area contributed by atoms with Crippen LogP contribution in [0, 0.1) is 12.7 Å². The van der Waals surface area contributed by atoms with Crippen LogP contribution in [0.3, 0.4) is 0 Å². The summed E-state index contributed by atoms with van der Waals surface area (Å²) in [6, 6.07) is 1.48. The average Bonchev–Trinajstić information content (AvgIpc) is 2.25. The van der Waals surface area contributed by atoms with E-state index in [4.69, 9.17) is 10.5 Å². The van der Waals surface area contributed by atoms with E-state index in [-0.39, 0.29) is 18.8 Å². The van der Waals surface area contributed by atoms with Crippen LogP contribution in [-0.4, -0.2) is 23.7 Å². The van der Waals surface area contributed by atoms with Crippen molar-refractivity contribution >= 4 is 5.97 Å². The van der Waals surface area contributed by atoms with Crippen LogP contribution in [-0.2, 0) is 16.0 Å². The first-order chi connectivity index (χ1) is 7.95. The summed E-state index contributed by atoms with van der Waals surface area (Å²) in [5, 5.41) is 9.71. The van der Waals surface area contributed by atoms with Crippen molar-refractivity contribution in [2.75, 3.05) is 6.61 Å². The van der Waals surface area contributed by atoms with E-state index in [0.29, 0.717) is 11.1 Å². The Balaban J connectivity index is 2.84. The topological polar surface area (TPSA) is 72.5 Å². The quantitative estimate of drug-likeness (QED) is 0.779. The number of benzene rings is 1. The highest BCUT2D eigenvalue weighted by Crippen LogP contribution is 2.24. The Morgan fingerprint density at radius 1 is 1.59 bits per heavy atom. The van der Waals surface area contributed by atoms with Crippen LogP contribution >= 0.6 is 0 Å². The molecule has 1 aromatic carbocycles. The minimum Gasteiger partial charge on any atom is -0.507 e. The fourth-order valence-electron chi connectivity index (χ4n) is 1.53. The normalized spacial score (nSPS) is 12.2. The first-order valence-corrected chi connectivity index (χ1v) is 5.36. The zero-order valence-electron chi connectivity index (χ0n) is 9.87. The molecule has 94 valence electrons. The van der Waals surface area contributed by atoms with Crippen LogP contribution < -0.4 is 5.73 Å². The van der Waals surface area contributed by atoms with Gasteiger partial charge in [-0.2, -0.15) is 0 Å².